The summed E-state index contributed by atoms with van der Waals surface area (Å²) in [5.74, 6) is -0.326. The van der Waals surface area contributed by atoms with Gasteiger partial charge in [-0.1, -0.05) is 33.6 Å². The van der Waals surface area contributed by atoms with Crippen molar-refractivity contribution in [3.8, 4) is 0 Å². The molecule has 0 unspecified atom stereocenters. The average molecular weight is 299 g/mol. The van der Waals surface area contributed by atoms with E-state index >= 15 is 0 Å². The number of aryl methyl sites for hydroxylation is 1. The number of carbonyl (C=O) groups is 2. The van der Waals surface area contributed by atoms with Crippen molar-refractivity contribution < 1.29 is 14.3 Å². The standard InChI is InChI=1S/C13H15BrO3/c1-3-17-13(16)12-6-9(2)4-5-10(12)7-11(15)8-14/h4-6H,3,7-8H2,1-2H3. The van der Waals surface area contributed by atoms with Gasteiger partial charge in [0.05, 0.1) is 17.5 Å². The van der Waals surface area contributed by atoms with Crippen molar-refractivity contribution in [1.29, 1.82) is 0 Å². The van der Waals surface area contributed by atoms with Crippen LogP contribution in [0.15, 0.2) is 18.2 Å². The number of Topliss-reactive ketones (excluding diaryl/α,β-unsaturated/α-hetero) is 1. The number of rotatable bonds is 5. The molecular weight excluding hydrogens is 284 g/mol. The van der Waals surface area contributed by atoms with Crippen LogP contribution in [0.5, 0.6) is 0 Å². The summed E-state index contributed by atoms with van der Waals surface area (Å²) in [6, 6.07) is 5.45. The Labute approximate surface area is 109 Å². The maximum atomic E-state index is 11.7. The molecule has 0 saturated heterocycles. The fraction of sp³-hybridized carbons (Fsp3) is 0.385. The maximum absolute atomic E-state index is 11.7. The van der Waals surface area contributed by atoms with Gasteiger partial charge in [-0.2, -0.15) is 0 Å². The second-order valence-corrected chi connectivity index (χ2v) is 4.29. The first-order valence-electron chi connectivity index (χ1n) is 5.42. The molecule has 1 aromatic carbocycles. The Kier molecular flexibility index (Phi) is 5.35. The number of esters is 1. The van der Waals surface area contributed by atoms with Crippen molar-refractivity contribution >= 4 is 27.7 Å². The van der Waals surface area contributed by atoms with Crippen LogP contribution in [0.2, 0.25) is 0 Å². The van der Waals surface area contributed by atoms with E-state index in [0.717, 1.165) is 11.1 Å². The van der Waals surface area contributed by atoms with Crippen LogP contribution in [0.4, 0.5) is 0 Å². The fourth-order valence-corrected chi connectivity index (χ4v) is 1.70. The lowest BCUT2D eigenvalue weighted by molar-refractivity contribution is -0.115. The predicted molar refractivity (Wildman–Crippen MR) is 69.6 cm³/mol. The molecule has 0 amide bonds. The summed E-state index contributed by atoms with van der Waals surface area (Å²) in [5, 5.41) is 0.295. The molecule has 0 atom stereocenters. The summed E-state index contributed by atoms with van der Waals surface area (Å²) in [5.41, 5.74) is 2.18. The quantitative estimate of drug-likeness (QED) is 0.620. The van der Waals surface area contributed by atoms with Crippen molar-refractivity contribution in [1.82, 2.24) is 0 Å². The van der Waals surface area contributed by atoms with Gasteiger partial charge in [0.2, 0.25) is 0 Å². The van der Waals surface area contributed by atoms with Gasteiger partial charge < -0.3 is 4.74 Å². The lowest BCUT2D eigenvalue weighted by Crippen LogP contribution is -2.12. The normalized spacial score (nSPS) is 10.1. The number of benzene rings is 1. The first-order chi connectivity index (χ1) is 8.08. The third kappa shape index (κ3) is 3.97. The summed E-state index contributed by atoms with van der Waals surface area (Å²) >= 11 is 3.11. The molecule has 1 rings (SSSR count). The van der Waals surface area contributed by atoms with Crippen molar-refractivity contribution in [2.75, 3.05) is 11.9 Å². The van der Waals surface area contributed by atoms with Gasteiger partial charge in [0, 0.05) is 6.42 Å². The Hall–Kier alpha value is -1.16. The highest BCUT2D eigenvalue weighted by molar-refractivity contribution is 9.09. The van der Waals surface area contributed by atoms with Gasteiger partial charge in [0.1, 0.15) is 5.78 Å². The summed E-state index contributed by atoms with van der Waals surface area (Å²) in [7, 11) is 0. The third-order valence-corrected chi connectivity index (χ3v) is 2.92. The third-order valence-electron chi connectivity index (χ3n) is 2.30. The van der Waals surface area contributed by atoms with Crippen molar-refractivity contribution in [2.45, 2.75) is 20.3 Å². The van der Waals surface area contributed by atoms with E-state index in [1.807, 2.05) is 19.1 Å². The van der Waals surface area contributed by atoms with Crippen LogP contribution in [0.25, 0.3) is 0 Å². The topological polar surface area (TPSA) is 43.4 Å². The van der Waals surface area contributed by atoms with Gasteiger partial charge in [-0.25, -0.2) is 4.79 Å². The summed E-state index contributed by atoms with van der Waals surface area (Å²) in [4.78, 5) is 23.1. The summed E-state index contributed by atoms with van der Waals surface area (Å²) in [6.07, 6.45) is 0.250. The minimum Gasteiger partial charge on any atom is -0.462 e. The van der Waals surface area contributed by atoms with Crippen LogP contribution in [-0.4, -0.2) is 23.7 Å². The van der Waals surface area contributed by atoms with E-state index < -0.39 is 0 Å². The molecule has 0 aliphatic heterocycles. The van der Waals surface area contributed by atoms with E-state index in [0.29, 0.717) is 17.5 Å². The molecule has 1 aromatic rings. The molecule has 0 aliphatic rings. The first kappa shape index (κ1) is 13.9. The molecule has 0 bridgehead atoms. The summed E-state index contributed by atoms with van der Waals surface area (Å²) < 4.78 is 4.98. The van der Waals surface area contributed by atoms with Crippen LogP contribution >= 0.6 is 15.9 Å². The predicted octanol–water partition coefficient (Wildman–Crippen LogP) is 2.68. The highest BCUT2D eigenvalue weighted by Crippen LogP contribution is 2.14. The van der Waals surface area contributed by atoms with Gasteiger partial charge >= 0.3 is 5.97 Å². The fourth-order valence-electron chi connectivity index (χ4n) is 1.50. The molecule has 0 N–H and O–H groups in total. The van der Waals surface area contributed by atoms with Gasteiger partial charge in [-0.3, -0.25) is 4.79 Å². The number of hydrogen-bond acceptors (Lipinski definition) is 3. The van der Waals surface area contributed by atoms with Crippen LogP contribution in [0.1, 0.15) is 28.4 Å². The zero-order chi connectivity index (χ0) is 12.8. The number of carbonyl (C=O) groups excluding carboxylic acids is 2. The Morgan fingerprint density at radius 2 is 2.06 bits per heavy atom. The smallest absolute Gasteiger partial charge is 0.338 e. The number of ketones is 1. The van der Waals surface area contributed by atoms with Crippen molar-refractivity contribution in [3.05, 3.63) is 34.9 Å². The minimum absolute atomic E-state index is 0.0411. The van der Waals surface area contributed by atoms with Crippen LogP contribution < -0.4 is 0 Å². The zero-order valence-electron chi connectivity index (χ0n) is 9.96. The molecular formula is C13H15BrO3. The Balaban J connectivity index is 3.03. The Morgan fingerprint density at radius 3 is 2.65 bits per heavy atom. The van der Waals surface area contributed by atoms with E-state index in [-0.39, 0.29) is 18.2 Å². The second-order valence-electron chi connectivity index (χ2n) is 3.73. The van der Waals surface area contributed by atoms with Crippen LogP contribution in [0, 0.1) is 6.92 Å². The maximum Gasteiger partial charge on any atom is 0.338 e. The molecule has 4 heteroatoms. The molecule has 0 fully saturated rings. The molecule has 0 spiro atoms. The van der Waals surface area contributed by atoms with E-state index in [4.69, 9.17) is 4.74 Å². The SMILES string of the molecule is CCOC(=O)c1cc(C)ccc1CC(=O)CBr. The number of halogens is 1. The van der Waals surface area contributed by atoms with E-state index in [1.54, 1.807) is 13.0 Å². The Bertz CT molecular complexity index is 427. The van der Waals surface area contributed by atoms with Crippen molar-refractivity contribution in [2.24, 2.45) is 0 Å². The van der Waals surface area contributed by atoms with Crippen molar-refractivity contribution in [3.63, 3.8) is 0 Å². The lowest BCUT2D eigenvalue weighted by atomic mass is 10.0. The van der Waals surface area contributed by atoms with Crippen LogP contribution in [0.3, 0.4) is 0 Å². The number of alkyl halides is 1. The number of ether oxygens (including phenoxy) is 1. The first-order valence-corrected chi connectivity index (χ1v) is 6.55. The molecule has 3 nitrogen and oxygen atoms in total. The monoisotopic (exact) mass is 298 g/mol. The molecule has 0 saturated carbocycles. The highest BCUT2D eigenvalue weighted by Gasteiger charge is 2.14. The molecule has 0 heterocycles. The summed E-state index contributed by atoms with van der Waals surface area (Å²) in [6.45, 7) is 3.99. The highest BCUT2D eigenvalue weighted by atomic mass is 79.9. The van der Waals surface area contributed by atoms with E-state index in [9.17, 15) is 9.59 Å². The zero-order valence-corrected chi connectivity index (χ0v) is 11.5. The number of hydrogen-bond donors (Lipinski definition) is 0. The molecule has 0 radical (unpaired) electrons. The van der Waals surface area contributed by atoms with Gasteiger partial charge in [-0.05, 0) is 25.5 Å². The molecule has 92 valence electrons. The molecule has 0 aliphatic carbocycles. The minimum atomic E-state index is -0.367. The largest absolute Gasteiger partial charge is 0.462 e. The molecule has 0 aromatic heterocycles. The molecule has 17 heavy (non-hydrogen) atoms. The average Bonchev–Trinajstić information content (AvgIpc) is 2.31. The van der Waals surface area contributed by atoms with Gasteiger partial charge in [-0.15, -0.1) is 0 Å². The van der Waals surface area contributed by atoms with E-state index in [2.05, 4.69) is 15.9 Å². The van der Waals surface area contributed by atoms with Crippen LogP contribution in [-0.2, 0) is 16.0 Å². The second kappa shape index (κ2) is 6.55. The Morgan fingerprint density at radius 1 is 1.35 bits per heavy atom. The van der Waals surface area contributed by atoms with E-state index in [1.165, 1.54) is 0 Å². The lowest BCUT2D eigenvalue weighted by Gasteiger charge is -2.08. The van der Waals surface area contributed by atoms with Gasteiger partial charge in [0.25, 0.3) is 0 Å². The van der Waals surface area contributed by atoms with Gasteiger partial charge in [0.15, 0.2) is 0 Å².